The van der Waals surface area contributed by atoms with Gasteiger partial charge in [-0.15, -0.1) is 0 Å². The largest absolute Gasteiger partial charge is 0.348 e. The lowest BCUT2D eigenvalue weighted by atomic mass is 9.83. The molecule has 4 heteroatoms. The summed E-state index contributed by atoms with van der Waals surface area (Å²) in [6.45, 7) is 10.5. The van der Waals surface area contributed by atoms with E-state index in [1.807, 2.05) is 0 Å². The molecule has 0 aromatic rings. The molecule has 0 aromatic heterocycles. The first-order valence-corrected chi connectivity index (χ1v) is 8.39. The summed E-state index contributed by atoms with van der Waals surface area (Å²) < 4.78 is 11.5. The summed E-state index contributed by atoms with van der Waals surface area (Å²) in [5.41, 5.74) is 0. The van der Waals surface area contributed by atoms with Gasteiger partial charge in [0.1, 0.15) is 0 Å². The Morgan fingerprint density at radius 2 is 1.65 bits per heavy atom. The van der Waals surface area contributed by atoms with Gasteiger partial charge in [-0.25, -0.2) is 0 Å². The first-order valence-electron chi connectivity index (χ1n) is 8.39. The van der Waals surface area contributed by atoms with Gasteiger partial charge in [-0.2, -0.15) is 0 Å². The smallest absolute Gasteiger partial charge is 0.168 e. The van der Waals surface area contributed by atoms with Crippen molar-refractivity contribution < 1.29 is 9.47 Å². The fraction of sp³-hybridized carbons (Fsp3) is 1.00. The number of hydrogen-bond acceptors (Lipinski definition) is 4. The van der Waals surface area contributed by atoms with Gasteiger partial charge in [0.25, 0.3) is 0 Å². The molecule has 0 radical (unpaired) electrons. The quantitative estimate of drug-likeness (QED) is 0.670. The monoisotopic (exact) mass is 284 g/mol. The highest BCUT2D eigenvalue weighted by molar-refractivity contribution is 4.82. The molecule has 2 N–H and O–H groups in total. The van der Waals surface area contributed by atoms with Crippen molar-refractivity contribution in [2.45, 2.75) is 51.7 Å². The van der Waals surface area contributed by atoms with Crippen LogP contribution >= 0.6 is 0 Å². The molecule has 0 bridgehead atoms. The Morgan fingerprint density at radius 1 is 1.00 bits per heavy atom. The molecule has 0 unspecified atom stereocenters. The van der Waals surface area contributed by atoms with Gasteiger partial charge in [-0.3, -0.25) is 0 Å². The van der Waals surface area contributed by atoms with Crippen molar-refractivity contribution in [3.63, 3.8) is 0 Å². The molecule has 0 aromatic carbocycles. The maximum atomic E-state index is 5.77. The van der Waals surface area contributed by atoms with Gasteiger partial charge in [0.2, 0.25) is 0 Å². The van der Waals surface area contributed by atoms with Gasteiger partial charge in [-0.05, 0) is 44.2 Å². The van der Waals surface area contributed by atoms with Gasteiger partial charge in [0, 0.05) is 25.9 Å². The Hall–Kier alpha value is -0.160. The van der Waals surface area contributed by atoms with Crippen molar-refractivity contribution in [3.05, 3.63) is 0 Å². The minimum Gasteiger partial charge on any atom is -0.348 e. The minimum atomic E-state index is -0.190. The van der Waals surface area contributed by atoms with E-state index in [9.17, 15) is 0 Å². The average Bonchev–Trinajstić information content (AvgIpc) is 2.88. The predicted octanol–water partition coefficient (Wildman–Crippen LogP) is 2.14. The van der Waals surface area contributed by atoms with E-state index < -0.39 is 0 Å². The number of ether oxygens (including phenoxy) is 2. The second-order valence-electron chi connectivity index (χ2n) is 6.69. The first kappa shape index (κ1) is 16.2. The summed E-state index contributed by atoms with van der Waals surface area (Å²) in [7, 11) is 0. The van der Waals surface area contributed by atoms with E-state index in [0.29, 0.717) is 0 Å². The van der Waals surface area contributed by atoms with Crippen LogP contribution in [0.1, 0.15) is 46.0 Å². The van der Waals surface area contributed by atoms with Gasteiger partial charge >= 0.3 is 0 Å². The van der Waals surface area contributed by atoms with Gasteiger partial charge < -0.3 is 20.1 Å². The van der Waals surface area contributed by atoms with E-state index >= 15 is 0 Å². The lowest BCUT2D eigenvalue weighted by Gasteiger charge is -2.35. The fourth-order valence-corrected chi connectivity index (χ4v) is 3.19. The molecule has 1 spiro atoms. The maximum absolute atomic E-state index is 5.77. The summed E-state index contributed by atoms with van der Waals surface area (Å²) in [4.78, 5) is 0. The van der Waals surface area contributed by atoms with Gasteiger partial charge in [0.05, 0.1) is 13.2 Å². The van der Waals surface area contributed by atoms with E-state index in [0.717, 1.165) is 64.1 Å². The van der Waals surface area contributed by atoms with Crippen LogP contribution in [0.4, 0.5) is 0 Å². The summed E-state index contributed by atoms with van der Waals surface area (Å²) >= 11 is 0. The standard InChI is InChI=1S/C16H32N2O2/c1-14(2)13-18-10-9-17-8-5-15-3-6-16(7-4-15)19-11-12-20-16/h14-15,17-18H,3-13H2,1-2H3. The van der Waals surface area contributed by atoms with Crippen LogP contribution in [0.5, 0.6) is 0 Å². The SMILES string of the molecule is CC(C)CNCCNCCC1CCC2(CC1)OCCO2. The number of rotatable bonds is 8. The van der Waals surface area contributed by atoms with Crippen LogP contribution in [0.15, 0.2) is 0 Å². The lowest BCUT2D eigenvalue weighted by Crippen LogP contribution is -2.36. The van der Waals surface area contributed by atoms with Crippen LogP contribution in [0.3, 0.4) is 0 Å². The van der Waals surface area contributed by atoms with Gasteiger partial charge in [-0.1, -0.05) is 13.8 Å². The molecule has 2 fully saturated rings. The highest BCUT2D eigenvalue weighted by Crippen LogP contribution is 2.39. The van der Waals surface area contributed by atoms with Crippen molar-refractivity contribution in [1.82, 2.24) is 10.6 Å². The van der Waals surface area contributed by atoms with Crippen LogP contribution in [-0.2, 0) is 9.47 Å². The average molecular weight is 284 g/mol. The lowest BCUT2D eigenvalue weighted by molar-refractivity contribution is -0.182. The minimum absolute atomic E-state index is 0.190. The number of nitrogens with one attached hydrogen (secondary N) is 2. The Labute approximate surface area is 124 Å². The third-order valence-corrected chi connectivity index (χ3v) is 4.44. The molecule has 118 valence electrons. The third-order valence-electron chi connectivity index (χ3n) is 4.44. The fourth-order valence-electron chi connectivity index (χ4n) is 3.19. The van der Waals surface area contributed by atoms with Crippen LogP contribution < -0.4 is 10.6 Å². The molecule has 0 amide bonds. The third kappa shape index (κ3) is 5.32. The van der Waals surface area contributed by atoms with Crippen LogP contribution in [-0.4, -0.2) is 45.2 Å². The van der Waals surface area contributed by atoms with Gasteiger partial charge in [0.15, 0.2) is 5.79 Å². The number of hydrogen-bond donors (Lipinski definition) is 2. The van der Waals surface area contributed by atoms with Crippen LogP contribution in [0.2, 0.25) is 0 Å². The zero-order valence-corrected chi connectivity index (χ0v) is 13.2. The molecule has 1 saturated carbocycles. The zero-order chi connectivity index (χ0) is 14.3. The van der Waals surface area contributed by atoms with Crippen molar-refractivity contribution in [2.75, 3.05) is 39.4 Å². The molecule has 2 aliphatic rings. The summed E-state index contributed by atoms with van der Waals surface area (Å²) in [6, 6.07) is 0. The molecule has 1 aliphatic heterocycles. The molecular weight excluding hydrogens is 252 g/mol. The molecule has 1 saturated heterocycles. The van der Waals surface area contributed by atoms with Crippen molar-refractivity contribution in [2.24, 2.45) is 11.8 Å². The first-order chi connectivity index (χ1) is 9.70. The topological polar surface area (TPSA) is 42.5 Å². The molecule has 20 heavy (non-hydrogen) atoms. The summed E-state index contributed by atoms with van der Waals surface area (Å²) in [5, 5.41) is 7.00. The van der Waals surface area contributed by atoms with Crippen LogP contribution in [0.25, 0.3) is 0 Å². The highest BCUT2D eigenvalue weighted by Gasteiger charge is 2.39. The molecule has 1 heterocycles. The molecule has 2 rings (SSSR count). The maximum Gasteiger partial charge on any atom is 0.168 e. The zero-order valence-electron chi connectivity index (χ0n) is 13.2. The molecule has 0 atom stereocenters. The molecule has 1 aliphatic carbocycles. The summed E-state index contributed by atoms with van der Waals surface area (Å²) in [6.07, 6.45) is 5.99. The normalized spacial score (nSPS) is 22.9. The van der Waals surface area contributed by atoms with Crippen molar-refractivity contribution in [3.8, 4) is 0 Å². The molecule has 4 nitrogen and oxygen atoms in total. The summed E-state index contributed by atoms with van der Waals surface area (Å²) in [5.74, 6) is 1.40. The predicted molar refractivity (Wildman–Crippen MR) is 81.8 cm³/mol. The molecular formula is C16H32N2O2. The Morgan fingerprint density at radius 3 is 2.30 bits per heavy atom. The Balaban J connectivity index is 1.45. The van der Waals surface area contributed by atoms with Crippen LogP contribution in [0, 0.1) is 11.8 Å². The van der Waals surface area contributed by atoms with E-state index in [2.05, 4.69) is 24.5 Å². The Kier molecular flexibility index (Phi) is 6.75. The van der Waals surface area contributed by atoms with Crippen molar-refractivity contribution in [1.29, 1.82) is 0 Å². The van der Waals surface area contributed by atoms with E-state index in [4.69, 9.17) is 9.47 Å². The van der Waals surface area contributed by atoms with Crippen molar-refractivity contribution >= 4 is 0 Å². The van der Waals surface area contributed by atoms with E-state index in [1.165, 1.54) is 19.3 Å². The van der Waals surface area contributed by atoms with E-state index in [1.54, 1.807) is 0 Å². The highest BCUT2D eigenvalue weighted by atomic mass is 16.7. The Bertz CT molecular complexity index is 255. The second kappa shape index (κ2) is 8.32. The second-order valence-corrected chi connectivity index (χ2v) is 6.69. The van der Waals surface area contributed by atoms with E-state index in [-0.39, 0.29) is 5.79 Å².